The zero-order valence-corrected chi connectivity index (χ0v) is 12.2. The molecule has 0 saturated heterocycles. The lowest BCUT2D eigenvalue weighted by Crippen LogP contribution is -2.16. The van der Waals surface area contributed by atoms with Gasteiger partial charge in [0.2, 0.25) is 5.89 Å². The van der Waals surface area contributed by atoms with Crippen LogP contribution in [0.4, 0.5) is 0 Å². The Kier molecular flexibility index (Phi) is 3.83. The molecule has 5 heteroatoms. The van der Waals surface area contributed by atoms with Crippen LogP contribution in [0.5, 0.6) is 0 Å². The first-order chi connectivity index (χ1) is 10.2. The van der Waals surface area contributed by atoms with Crippen molar-refractivity contribution >= 4 is 0 Å². The zero-order chi connectivity index (χ0) is 14.7. The van der Waals surface area contributed by atoms with Gasteiger partial charge in [-0.05, 0) is 26.0 Å². The summed E-state index contributed by atoms with van der Waals surface area (Å²) in [7, 11) is 0. The lowest BCUT2D eigenvalue weighted by atomic mass is 10.3. The predicted octanol–water partition coefficient (Wildman–Crippen LogP) is 2.77. The largest absolute Gasteiger partial charge is 0.445 e. The molecule has 0 radical (unpaired) electrons. The summed E-state index contributed by atoms with van der Waals surface area (Å²) in [6.45, 7) is 5.21. The molecular weight excluding hydrogens is 264 g/mol. The summed E-state index contributed by atoms with van der Waals surface area (Å²) in [6, 6.07) is 10.2. The minimum atomic E-state index is 0.604. The Morgan fingerprint density at radius 1 is 1.05 bits per heavy atom. The van der Waals surface area contributed by atoms with Gasteiger partial charge in [0, 0.05) is 12.2 Å². The molecule has 0 aliphatic heterocycles. The lowest BCUT2D eigenvalue weighted by molar-refractivity contribution is 0.447. The summed E-state index contributed by atoms with van der Waals surface area (Å²) < 4.78 is 7.59. The van der Waals surface area contributed by atoms with Crippen molar-refractivity contribution in [3.63, 3.8) is 0 Å². The minimum absolute atomic E-state index is 0.604. The van der Waals surface area contributed by atoms with Crippen LogP contribution >= 0.6 is 0 Å². The molecular formula is C16H18N4O. The van der Waals surface area contributed by atoms with Gasteiger partial charge in [-0.1, -0.05) is 18.2 Å². The molecule has 0 spiro atoms. The first-order valence-corrected chi connectivity index (χ1v) is 6.94. The van der Waals surface area contributed by atoms with E-state index in [2.05, 4.69) is 32.0 Å². The number of oxazole rings is 1. The first-order valence-electron chi connectivity index (χ1n) is 6.94. The molecule has 0 atom stereocenters. The van der Waals surface area contributed by atoms with Gasteiger partial charge in [0.1, 0.15) is 11.6 Å². The van der Waals surface area contributed by atoms with Crippen LogP contribution in [0.1, 0.15) is 23.2 Å². The predicted molar refractivity (Wildman–Crippen MR) is 80.1 cm³/mol. The number of nitrogens with one attached hydrogen (secondary N) is 1. The molecule has 1 aromatic carbocycles. The Balaban J connectivity index is 1.72. The third kappa shape index (κ3) is 3.03. The topological polar surface area (TPSA) is 55.9 Å². The molecule has 0 fully saturated rings. The van der Waals surface area contributed by atoms with Crippen LogP contribution in [0, 0.1) is 13.8 Å². The number of aryl methyl sites for hydroxylation is 2. The fourth-order valence-corrected chi connectivity index (χ4v) is 2.33. The maximum absolute atomic E-state index is 5.45. The molecule has 0 bridgehead atoms. The van der Waals surface area contributed by atoms with Crippen molar-refractivity contribution in [1.29, 1.82) is 0 Å². The van der Waals surface area contributed by atoms with Crippen LogP contribution in [0.25, 0.3) is 5.69 Å². The molecule has 2 heterocycles. The van der Waals surface area contributed by atoms with E-state index in [1.54, 1.807) is 6.20 Å². The van der Waals surface area contributed by atoms with Gasteiger partial charge in [-0.15, -0.1) is 0 Å². The fraction of sp³-hybridized carbons (Fsp3) is 0.250. The summed E-state index contributed by atoms with van der Waals surface area (Å²) >= 11 is 0. The second-order valence-corrected chi connectivity index (χ2v) is 4.94. The van der Waals surface area contributed by atoms with Crippen LogP contribution in [0.2, 0.25) is 0 Å². The lowest BCUT2D eigenvalue weighted by Gasteiger charge is -2.10. The third-order valence-corrected chi connectivity index (χ3v) is 3.28. The van der Waals surface area contributed by atoms with Gasteiger partial charge >= 0.3 is 0 Å². The second-order valence-electron chi connectivity index (χ2n) is 4.94. The molecule has 0 aliphatic rings. The highest BCUT2D eigenvalue weighted by Crippen LogP contribution is 2.14. The van der Waals surface area contributed by atoms with Gasteiger partial charge in [-0.25, -0.2) is 9.97 Å². The third-order valence-electron chi connectivity index (χ3n) is 3.28. The standard InChI is InChI=1S/C16H18N4O/c1-12-8-19-16(21-12)11-17-9-15-10-18-13(2)20(15)14-6-4-3-5-7-14/h3-8,10,17H,9,11H2,1-2H3. The number of hydrogen-bond acceptors (Lipinski definition) is 4. The number of nitrogens with zero attached hydrogens (tertiary/aromatic N) is 3. The van der Waals surface area contributed by atoms with Gasteiger partial charge in [0.05, 0.1) is 24.6 Å². The van der Waals surface area contributed by atoms with Crippen molar-refractivity contribution in [2.45, 2.75) is 26.9 Å². The molecule has 0 amide bonds. The monoisotopic (exact) mass is 282 g/mol. The summed E-state index contributed by atoms with van der Waals surface area (Å²) in [5.41, 5.74) is 2.23. The van der Waals surface area contributed by atoms with E-state index in [0.717, 1.165) is 23.0 Å². The summed E-state index contributed by atoms with van der Waals surface area (Å²) in [5.74, 6) is 2.51. The number of rotatable bonds is 5. The van der Waals surface area contributed by atoms with Crippen molar-refractivity contribution in [2.24, 2.45) is 0 Å². The average Bonchev–Trinajstić information content (AvgIpc) is 3.06. The Morgan fingerprint density at radius 2 is 1.86 bits per heavy atom. The van der Waals surface area contributed by atoms with E-state index in [9.17, 15) is 0 Å². The molecule has 0 saturated carbocycles. The number of para-hydroxylation sites is 1. The molecule has 0 aliphatic carbocycles. The second kappa shape index (κ2) is 5.93. The normalized spacial score (nSPS) is 11.0. The Bertz CT molecular complexity index is 715. The number of benzene rings is 1. The fourth-order valence-electron chi connectivity index (χ4n) is 2.33. The molecule has 108 valence electrons. The number of hydrogen-bond donors (Lipinski definition) is 1. The average molecular weight is 282 g/mol. The van der Waals surface area contributed by atoms with Gasteiger partial charge in [0.25, 0.3) is 0 Å². The molecule has 2 aromatic heterocycles. The first kappa shape index (κ1) is 13.6. The molecule has 5 nitrogen and oxygen atoms in total. The van der Waals surface area contributed by atoms with Gasteiger partial charge in [0.15, 0.2) is 0 Å². The van der Waals surface area contributed by atoms with Crippen molar-refractivity contribution in [3.05, 3.63) is 65.9 Å². The van der Waals surface area contributed by atoms with Crippen LogP contribution in [-0.2, 0) is 13.1 Å². The molecule has 1 N–H and O–H groups in total. The van der Waals surface area contributed by atoms with Crippen LogP contribution in [0.3, 0.4) is 0 Å². The smallest absolute Gasteiger partial charge is 0.208 e. The summed E-state index contributed by atoms with van der Waals surface area (Å²) in [6.07, 6.45) is 3.63. The van der Waals surface area contributed by atoms with Crippen molar-refractivity contribution < 1.29 is 4.42 Å². The van der Waals surface area contributed by atoms with Crippen molar-refractivity contribution in [3.8, 4) is 5.69 Å². The molecule has 3 rings (SSSR count). The van der Waals surface area contributed by atoms with E-state index in [1.165, 1.54) is 0 Å². The highest BCUT2D eigenvalue weighted by molar-refractivity contribution is 5.35. The Morgan fingerprint density at radius 3 is 2.57 bits per heavy atom. The van der Waals surface area contributed by atoms with Gasteiger partial charge in [-0.3, -0.25) is 4.57 Å². The van der Waals surface area contributed by atoms with E-state index in [-0.39, 0.29) is 0 Å². The van der Waals surface area contributed by atoms with Gasteiger partial charge in [-0.2, -0.15) is 0 Å². The number of imidazole rings is 1. The molecule has 0 unspecified atom stereocenters. The van der Waals surface area contributed by atoms with Crippen LogP contribution in [-0.4, -0.2) is 14.5 Å². The van der Waals surface area contributed by atoms with E-state index < -0.39 is 0 Å². The van der Waals surface area contributed by atoms with Gasteiger partial charge < -0.3 is 9.73 Å². The summed E-state index contributed by atoms with van der Waals surface area (Å²) in [5, 5.41) is 3.34. The number of aromatic nitrogens is 3. The summed E-state index contributed by atoms with van der Waals surface area (Å²) in [4.78, 5) is 8.59. The highest BCUT2D eigenvalue weighted by atomic mass is 16.4. The quantitative estimate of drug-likeness (QED) is 0.782. The molecule has 3 aromatic rings. The maximum Gasteiger partial charge on any atom is 0.208 e. The SMILES string of the molecule is Cc1cnc(CNCc2cnc(C)n2-c2ccccc2)o1. The minimum Gasteiger partial charge on any atom is -0.445 e. The van der Waals surface area contributed by atoms with E-state index >= 15 is 0 Å². The van der Waals surface area contributed by atoms with E-state index in [1.807, 2.05) is 38.2 Å². The van der Waals surface area contributed by atoms with Crippen molar-refractivity contribution in [2.75, 3.05) is 0 Å². The maximum atomic E-state index is 5.45. The zero-order valence-electron chi connectivity index (χ0n) is 12.2. The van der Waals surface area contributed by atoms with E-state index in [0.29, 0.717) is 19.0 Å². The Hall–Kier alpha value is -2.40. The highest BCUT2D eigenvalue weighted by Gasteiger charge is 2.08. The molecule has 21 heavy (non-hydrogen) atoms. The van der Waals surface area contributed by atoms with Crippen LogP contribution < -0.4 is 5.32 Å². The van der Waals surface area contributed by atoms with Crippen molar-refractivity contribution in [1.82, 2.24) is 19.9 Å². The van der Waals surface area contributed by atoms with E-state index in [4.69, 9.17) is 4.42 Å². The van der Waals surface area contributed by atoms with Crippen LogP contribution in [0.15, 0.2) is 47.1 Å². The Labute approximate surface area is 123 Å².